The zero-order valence-electron chi connectivity index (χ0n) is 18.9. The summed E-state index contributed by atoms with van der Waals surface area (Å²) in [5.41, 5.74) is 2.25. The van der Waals surface area contributed by atoms with Crippen molar-refractivity contribution >= 4 is 10.0 Å². The molecule has 0 bridgehead atoms. The van der Waals surface area contributed by atoms with Gasteiger partial charge in [0.25, 0.3) is 0 Å². The number of hydrogen-bond donors (Lipinski definition) is 1. The van der Waals surface area contributed by atoms with Gasteiger partial charge in [-0.15, -0.1) is 0 Å². The Bertz CT molecular complexity index is 995. The minimum absolute atomic E-state index is 0.0106. The van der Waals surface area contributed by atoms with E-state index in [9.17, 15) is 13.5 Å². The van der Waals surface area contributed by atoms with Crippen LogP contribution in [-0.4, -0.2) is 37.0 Å². The molecular weight excluding hydrogens is 406 g/mol. The highest BCUT2D eigenvalue weighted by atomic mass is 32.2. The van der Waals surface area contributed by atoms with Gasteiger partial charge in [0, 0.05) is 13.1 Å². The maximum Gasteiger partial charge on any atom is 0.243 e. The van der Waals surface area contributed by atoms with Gasteiger partial charge in [0.2, 0.25) is 10.0 Å². The standard InChI is InChI=1S/C26H35NO3S/c1-25(2,3)21-9-11-24(12-10-21)31(29,30)27-16-14-22-17-23(28)13-15-26(22,19-27)18-20-7-5-4-6-8-20/h4-12,22-23,28H,13-19H2,1-3H3/t22-,23-,26-/m0/s1. The first kappa shape index (κ1) is 22.5. The van der Waals surface area contributed by atoms with Crippen molar-refractivity contribution in [1.82, 2.24) is 4.31 Å². The Labute approximate surface area is 187 Å². The van der Waals surface area contributed by atoms with E-state index in [4.69, 9.17) is 0 Å². The van der Waals surface area contributed by atoms with Gasteiger partial charge >= 0.3 is 0 Å². The Hall–Kier alpha value is -1.69. The normalized spacial score (nSPS) is 27.6. The molecule has 0 spiro atoms. The minimum Gasteiger partial charge on any atom is -0.393 e. The van der Waals surface area contributed by atoms with Crippen LogP contribution in [0.4, 0.5) is 0 Å². The summed E-state index contributed by atoms with van der Waals surface area (Å²) in [5.74, 6) is 0.353. The van der Waals surface area contributed by atoms with Gasteiger partial charge in [-0.3, -0.25) is 0 Å². The first-order valence-corrected chi connectivity index (χ1v) is 12.9. The zero-order chi connectivity index (χ0) is 22.3. The second-order valence-electron chi connectivity index (χ2n) is 10.6. The predicted octanol–water partition coefficient (Wildman–Crippen LogP) is 4.77. The summed E-state index contributed by atoms with van der Waals surface area (Å²) < 4.78 is 28.8. The van der Waals surface area contributed by atoms with Crippen LogP contribution in [0.15, 0.2) is 59.5 Å². The smallest absolute Gasteiger partial charge is 0.243 e. The molecule has 4 nitrogen and oxygen atoms in total. The number of benzene rings is 2. The van der Waals surface area contributed by atoms with Crippen molar-refractivity contribution in [2.45, 2.75) is 69.3 Å². The molecule has 1 aliphatic heterocycles. The highest BCUT2D eigenvalue weighted by Crippen LogP contribution is 2.49. The molecule has 0 amide bonds. The Morgan fingerprint density at radius 1 is 1.03 bits per heavy atom. The molecule has 1 saturated heterocycles. The molecule has 4 rings (SSSR count). The maximum absolute atomic E-state index is 13.6. The van der Waals surface area contributed by atoms with Gasteiger partial charge in [-0.2, -0.15) is 4.31 Å². The number of aliphatic hydroxyl groups is 1. The Morgan fingerprint density at radius 2 is 1.71 bits per heavy atom. The molecule has 2 aliphatic rings. The molecule has 3 atom stereocenters. The van der Waals surface area contributed by atoms with Gasteiger partial charge in [-0.05, 0) is 72.1 Å². The monoisotopic (exact) mass is 441 g/mol. The number of piperidine rings is 1. The fourth-order valence-electron chi connectivity index (χ4n) is 5.49. The number of fused-ring (bicyclic) bond motifs is 1. The van der Waals surface area contributed by atoms with E-state index in [2.05, 4.69) is 32.9 Å². The third kappa shape index (κ3) is 4.59. The van der Waals surface area contributed by atoms with Crippen LogP contribution in [0, 0.1) is 11.3 Å². The van der Waals surface area contributed by atoms with Crippen molar-refractivity contribution in [3.63, 3.8) is 0 Å². The quantitative estimate of drug-likeness (QED) is 0.744. The van der Waals surface area contributed by atoms with Gasteiger partial charge < -0.3 is 5.11 Å². The highest BCUT2D eigenvalue weighted by molar-refractivity contribution is 7.89. The summed E-state index contributed by atoms with van der Waals surface area (Å²) in [6.07, 6.45) is 3.80. The van der Waals surface area contributed by atoms with Crippen molar-refractivity contribution in [2.24, 2.45) is 11.3 Å². The lowest BCUT2D eigenvalue weighted by Crippen LogP contribution is -2.54. The summed E-state index contributed by atoms with van der Waals surface area (Å²) in [6.45, 7) is 7.45. The molecule has 1 aliphatic carbocycles. The predicted molar refractivity (Wildman–Crippen MR) is 124 cm³/mol. The van der Waals surface area contributed by atoms with Gasteiger partial charge in [0.1, 0.15) is 0 Å². The van der Waals surface area contributed by atoms with E-state index < -0.39 is 10.0 Å². The number of hydrogen-bond acceptors (Lipinski definition) is 3. The van der Waals surface area contributed by atoms with Crippen molar-refractivity contribution in [2.75, 3.05) is 13.1 Å². The molecule has 1 saturated carbocycles. The van der Waals surface area contributed by atoms with Crippen LogP contribution in [0.1, 0.15) is 57.6 Å². The van der Waals surface area contributed by atoms with Gasteiger partial charge in [0.05, 0.1) is 11.0 Å². The number of aliphatic hydroxyl groups excluding tert-OH is 1. The van der Waals surface area contributed by atoms with E-state index in [0.717, 1.165) is 37.7 Å². The molecule has 1 N–H and O–H groups in total. The lowest BCUT2D eigenvalue weighted by Gasteiger charge is -2.52. The molecular formula is C26H35NO3S. The fraction of sp³-hybridized carbons (Fsp3) is 0.538. The van der Waals surface area contributed by atoms with Crippen molar-refractivity contribution in [3.8, 4) is 0 Å². The molecule has 2 aromatic carbocycles. The fourth-order valence-corrected chi connectivity index (χ4v) is 7.04. The molecule has 2 fully saturated rings. The second kappa shape index (κ2) is 8.34. The maximum atomic E-state index is 13.6. The third-order valence-corrected chi connectivity index (χ3v) is 9.23. The summed E-state index contributed by atoms with van der Waals surface area (Å²) in [7, 11) is -3.55. The van der Waals surface area contributed by atoms with Crippen molar-refractivity contribution < 1.29 is 13.5 Å². The molecule has 1 heterocycles. The molecule has 168 valence electrons. The van der Waals surface area contributed by atoms with Crippen LogP contribution in [0.3, 0.4) is 0 Å². The Kier molecular flexibility index (Phi) is 6.06. The summed E-state index contributed by atoms with van der Waals surface area (Å²) in [5, 5.41) is 10.3. The summed E-state index contributed by atoms with van der Waals surface area (Å²) >= 11 is 0. The van der Waals surface area contributed by atoms with E-state index in [-0.39, 0.29) is 16.9 Å². The lowest BCUT2D eigenvalue weighted by molar-refractivity contribution is -0.0290. The van der Waals surface area contributed by atoms with E-state index in [1.807, 2.05) is 30.3 Å². The number of rotatable bonds is 4. The van der Waals surface area contributed by atoms with Crippen LogP contribution >= 0.6 is 0 Å². The average molecular weight is 442 g/mol. The number of sulfonamides is 1. The molecule has 2 aromatic rings. The molecule has 0 aromatic heterocycles. The Balaban J connectivity index is 1.62. The first-order valence-electron chi connectivity index (χ1n) is 11.4. The SMILES string of the molecule is CC(C)(C)c1ccc(S(=O)(=O)N2CC[C@H]3C[C@@H](O)CC[C@]3(Cc3ccccc3)C2)cc1. The summed E-state index contributed by atoms with van der Waals surface area (Å²) in [4.78, 5) is 0.379. The first-order chi connectivity index (χ1) is 14.6. The minimum atomic E-state index is -3.55. The molecule has 5 heteroatoms. The topological polar surface area (TPSA) is 57.6 Å². The molecule has 0 radical (unpaired) electrons. The number of nitrogens with zero attached hydrogens (tertiary/aromatic N) is 1. The lowest BCUT2D eigenvalue weighted by atomic mass is 9.60. The van der Waals surface area contributed by atoms with Gasteiger partial charge in [0.15, 0.2) is 0 Å². The van der Waals surface area contributed by atoms with Crippen LogP contribution in [0.25, 0.3) is 0 Å². The van der Waals surface area contributed by atoms with Gasteiger partial charge in [-0.25, -0.2) is 8.42 Å². The van der Waals surface area contributed by atoms with E-state index in [0.29, 0.717) is 23.9 Å². The zero-order valence-corrected chi connectivity index (χ0v) is 19.7. The van der Waals surface area contributed by atoms with Crippen LogP contribution in [-0.2, 0) is 21.9 Å². The van der Waals surface area contributed by atoms with Crippen molar-refractivity contribution in [1.29, 1.82) is 0 Å². The van der Waals surface area contributed by atoms with Crippen LogP contribution in [0.5, 0.6) is 0 Å². The van der Waals surface area contributed by atoms with Crippen molar-refractivity contribution in [3.05, 3.63) is 65.7 Å². The molecule has 31 heavy (non-hydrogen) atoms. The second-order valence-corrected chi connectivity index (χ2v) is 12.5. The average Bonchev–Trinajstić information content (AvgIpc) is 2.74. The Morgan fingerprint density at radius 3 is 2.35 bits per heavy atom. The van der Waals surface area contributed by atoms with Gasteiger partial charge in [-0.1, -0.05) is 63.2 Å². The highest BCUT2D eigenvalue weighted by Gasteiger charge is 2.49. The third-order valence-electron chi connectivity index (χ3n) is 7.37. The molecule has 0 unspecified atom stereocenters. The van der Waals surface area contributed by atoms with E-state index in [1.54, 1.807) is 16.4 Å². The summed E-state index contributed by atoms with van der Waals surface area (Å²) in [6, 6.07) is 17.8. The van der Waals surface area contributed by atoms with E-state index in [1.165, 1.54) is 5.56 Å². The van der Waals surface area contributed by atoms with Crippen LogP contribution in [0.2, 0.25) is 0 Å². The van der Waals surface area contributed by atoms with Crippen LogP contribution < -0.4 is 0 Å². The largest absolute Gasteiger partial charge is 0.393 e. The van der Waals surface area contributed by atoms with E-state index >= 15 is 0 Å².